The van der Waals surface area contributed by atoms with Gasteiger partial charge in [-0.25, -0.2) is 0 Å². The molecule has 2 aliphatic heterocycles. The normalized spacial score (nSPS) is 19.2. The van der Waals surface area contributed by atoms with E-state index < -0.39 is 0 Å². The maximum atomic E-state index is 5.66. The van der Waals surface area contributed by atoms with Gasteiger partial charge < -0.3 is 19.5 Å². The smallest absolute Gasteiger partial charge is 0.165 e. The highest BCUT2D eigenvalue weighted by atomic mass is 16.6. The lowest BCUT2D eigenvalue weighted by Crippen LogP contribution is -2.28. The first kappa shape index (κ1) is 12.6. The van der Waals surface area contributed by atoms with Crippen molar-refractivity contribution in [1.29, 1.82) is 0 Å². The van der Waals surface area contributed by atoms with E-state index in [0.29, 0.717) is 13.2 Å². The van der Waals surface area contributed by atoms with E-state index in [4.69, 9.17) is 14.2 Å². The van der Waals surface area contributed by atoms with Crippen molar-refractivity contribution in [3.8, 4) is 17.2 Å². The molecule has 104 valence electrons. The van der Waals surface area contributed by atoms with Crippen LogP contribution < -0.4 is 19.5 Å². The van der Waals surface area contributed by atoms with Gasteiger partial charge in [0.2, 0.25) is 0 Å². The molecule has 0 spiro atoms. The Morgan fingerprint density at radius 2 is 1.84 bits per heavy atom. The van der Waals surface area contributed by atoms with Gasteiger partial charge >= 0.3 is 0 Å². The van der Waals surface area contributed by atoms with Gasteiger partial charge in [-0.2, -0.15) is 0 Å². The molecule has 2 heterocycles. The molecule has 4 heteroatoms. The molecule has 1 aromatic carbocycles. The number of nitrogens with one attached hydrogen (secondary N) is 1. The topological polar surface area (TPSA) is 39.7 Å². The fourth-order valence-corrected chi connectivity index (χ4v) is 2.86. The van der Waals surface area contributed by atoms with Gasteiger partial charge in [-0.1, -0.05) is 0 Å². The second-order valence-electron chi connectivity index (χ2n) is 5.21. The number of fused-ring (bicyclic) bond motifs is 1. The van der Waals surface area contributed by atoms with Crippen LogP contribution in [0, 0.1) is 5.92 Å². The van der Waals surface area contributed by atoms with Crippen molar-refractivity contribution in [2.45, 2.75) is 19.3 Å². The van der Waals surface area contributed by atoms with Gasteiger partial charge in [0.05, 0.1) is 7.11 Å². The zero-order valence-electron chi connectivity index (χ0n) is 11.4. The lowest BCUT2D eigenvalue weighted by molar-refractivity contribution is 0.170. The van der Waals surface area contributed by atoms with E-state index in [2.05, 4.69) is 11.4 Å². The fourth-order valence-electron chi connectivity index (χ4n) is 2.86. The largest absolute Gasteiger partial charge is 0.496 e. The lowest BCUT2D eigenvalue weighted by Gasteiger charge is -2.25. The molecule has 3 rings (SSSR count). The van der Waals surface area contributed by atoms with Crippen molar-refractivity contribution < 1.29 is 14.2 Å². The third kappa shape index (κ3) is 2.78. The number of ether oxygens (including phenoxy) is 3. The van der Waals surface area contributed by atoms with E-state index >= 15 is 0 Å². The van der Waals surface area contributed by atoms with Crippen LogP contribution in [0.3, 0.4) is 0 Å². The molecule has 1 N–H and O–H groups in total. The number of methoxy groups -OCH3 is 1. The summed E-state index contributed by atoms with van der Waals surface area (Å²) in [5.41, 5.74) is 1.23. The van der Waals surface area contributed by atoms with Crippen molar-refractivity contribution in [2.75, 3.05) is 33.4 Å². The molecule has 0 aromatic heterocycles. The van der Waals surface area contributed by atoms with Gasteiger partial charge in [0, 0.05) is 6.07 Å². The summed E-state index contributed by atoms with van der Waals surface area (Å²) < 4.78 is 16.8. The van der Waals surface area contributed by atoms with Crippen LogP contribution >= 0.6 is 0 Å². The number of benzene rings is 1. The molecule has 2 aliphatic rings. The minimum absolute atomic E-state index is 0.615. The minimum atomic E-state index is 0.615. The zero-order valence-corrected chi connectivity index (χ0v) is 11.4. The maximum absolute atomic E-state index is 5.66. The van der Waals surface area contributed by atoms with Gasteiger partial charge in [-0.15, -0.1) is 0 Å². The molecule has 1 fully saturated rings. The summed E-state index contributed by atoms with van der Waals surface area (Å²) >= 11 is 0. The Balaban J connectivity index is 1.82. The summed E-state index contributed by atoms with van der Waals surface area (Å²) in [4.78, 5) is 0. The van der Waals surface area contributed by atoms with Crippen LogP contribution in [0.1, 0.15) is 18.4 Å². The quantitative estimate of drug-likeness (QED) is 0.905. The van der Waals surface area contributed by atoms with Crippen LogP contribution in [-0.2, 0) is 6.42 Å². The average molecular weight is 263 g/mol. The first-order valence-electron chi connectivity index (χ1n) is 7.04. The molecule has 0 atom stereocenters. The highest BCUT2D eigenvalue weighted by Crippen LogP contribution is 2.38. The molecule has 0 saturated carbocycles. The SMILES string of the molecule is COc1cc2c(cc1CC1CCNCC1)OCCO2. The third-order valence-electron chi connectivity index (χ3n) is 3.91. The van der Waals surface area contributed by atoms with Crippen molar-refractivity contribution in [3.05, 3.63) is 17.7 Å². The van der Waals surface area contributed by atoms with E-state index in [1.165, 1.54) is 18.4 Å². The number of hydrogen-bond acceptors (Lipinski definition) is 4. The van der Waals surface area contributed by atoms with Gasteiger partial charge in [0.15, 0.2) is 11.5 Å². The molecule has 1 aromatic rings. The predicted octanol–water partition coefficient (Wildman–Crippen LogP) is 2.01. The molecule has 0 amide bonds. The summed E-state index contributed by atoms with van der Waals surface area (Å²) in [5.74, 6) is 3.31. The zero-order chi connectivity index (χ0) is 13.1. The Morgan fingerprint density at radius 1 is 1.16 bits per heavy atom. The van der Waals surface area contributed by atoms with Crippen molar-refractivity contribution in [2.24, 2.45) is 5.92 Å². The van der Waals surface area contributed by atoms with Crippen molar-refractivity contribution in [3.63, 3.8) is 0 Å². The van der Waals surface area contributed by atoms with Crippen LogP contribution in [0.2, 0.25) is 0 Å². The van der Waals surface area contributed by atoms with Crippen molar-refractivity contribution >= 4 is 0 Å². The van der Waals surface area contributed by atoms with Crippen molar-refractivity contribution in [1.82, 2.24) is 5.32 Å². The van der Waals surface area contributed by atoms with Crippen LogP contribution in [0.5, 0.6) is 17.2 Å². The van der Waals surface area contributed by atoms with Crippen LogP contribution in [-0.4, -0.2) is 33.4 Å². The monoisotopic (exact) mass is 263 g/mol. The predicted molar refractivity (Wildman–Crippen MR) is 73.3 cm³/mol. The molecule has 0 unspecified atom stereocenters. The van der Waals surface area contributed by atoms with Gasteiger partial charge in [-0.3, -0.25) is 0 Å². The Morgan fingerprint density at radius 3 is 2.53 bits per heavy atom. The molecular formula is C15H21NO3. The molecule has 19 heavy (non-hydrogen) atoms. The van der Waals surface area contributed by atoms with Crippen LogP contribution in [0.15, 0.2) is 12.1 Å². The van der Waals surface area contributed by atoms with E-state index in [0.717, 1.165) is 42.7 Å². The average Bonchev–Trinajstić information content (AvgIpc) is 2.47. The number of hydrogen-bond donors (Lipinski definition) is 1. The molecule has 4 nitrogen and oxygen atoms in total. The molecule has 1 saturated heterocycles. The second kappa shape index (κ2) is 5.70. The Labute approximate surface area is 114 Å². The number of piperidine rings is 1. The van der Waals surface area contributed by atoms with E-state index in [9.17, 15) is 0 Å². The second-order valence-corrected chi connectivity index (χ2v) is 5.21. The van der Waals surface area contributed by atoms with Crippen LogP contribution in [0.25, 0.3) is 0 Å². The third-order valence-corrected chi connectivity index (χ3v) is 3.91. The van der Waals surface area contributed by atoms with E-state index in [-0.39, 0.29) is 0 Å². The maximum Gasteiger partial charge on any atom is 0.165 e. The minimum Gasteiger partial charge on any atom is -0.496 e. The van der Waals surface area contributed by atoms with E-state index in [1.807, 2.05) is 6.07 Å². The lowest BCUT2D eigenvalue weighted by atomic mass is 9.90. The first-order chi connectivity index (χ1) is 9.36. The highest BCUT2D eigenvalue weighted by Gasteiger charge is 2.20. The van der Waals surface area contributed by atoms with Gasteiger partial charge in [-0.05, 0) is 49.9 Å². The standard InChI is InChI=1S/C15H21NO3/c1-17-13-10-15-14(18-6-7-19-15)9-12(13)8-11-2-4-16-5-3-11/h9-11,16H,2-8H2,1H3. The number of rotatable bonds is 3. The summed E-state index contributed by atoms with van der Waals surface area (Å²) in [6, 6.07) is 4.06. The van der Waals surface area contributed by atoms with Gasteiger partial charge in [0.1, 0.15) is 19.0 Å². The van der Waals surface area contributed by atoms with Gasteiger partial charge in [0.25, 0.3) is 0 Å². The summed E-state index contributed by atoms with van der Waals surface area (Å²) in [5, 5.41) is 3.40. The Bertz CT molecular complexity index is 441. The van der Waals surface area contributed by atoms with E-state index in [1.54, 1.807) is 7.11 Å². The Hall–Kier alpha value is -1.42. The fraction of sp³-hybridized carbons (Fsp3) is 0.600. The molecule has 0 radical (unpaired) electrons. The summed E-state index contributed by atoms with van der Waals surface area (Å²) in [6.07, 6.45) is 3.52. The molecular weight excluding hydrogens is 242 g/mol. The first-order valence-corrected chi connectivity index (χ1v) is 7.04. The molecule has 0 bridgehead atoms. The van der Waals surface area contributed by atoms with Crippen LogP contribution in [0.4, 0.5) is 0 Å². The summed E-state index contributed by atoms with van der Waals surface area (Å²) in [7, 11) is 1.72. The Kier molecular flexibility index (Phi) is 3.78. The highest BCUT2D eigenvalue weighted by molar-refractivity contribution is 5.51. The summed E-state index contributed by atoms with van der Waals surface area (Å²) in [6.45, 7) is 3.49. The molecule has 0 aliphatic carbocycles.